The standard InChI is InChI=1S/C21H18N6OS/c1-3-27-17-10-5-4-9-16(17)18-19(27)24-21(26-25-18)29-13(2)20(28)23-15-8-6-7-14(11-15)12-22/h4-11,13H,3H2,1-2H3,(H,23,28)/t13-/m1/s1. The Kier molecular flexibility index (Phi) is 5.14. The number of fused-ring (bicyclic) bond motifs is 3. The molecule has 0 aliphatic rings. The molecule has 0 radical (unpaired) electrons. The lowest BCUT2D eigenvalue weighted by Crippen LogP contribution is -2.22. The van der Waals surface area contributed by atoms with Crippen LogP contribution in [0.4, 0.5) is 5.69 Å². The first-order chi connectivity index (χ1) is 14.1. The maximum absolute atomic E-state index is 12.5. The number of para-hydroxylation sites is 1. The number of nitrogens with one attached hydrogen (secondary N) is 1. The first-order valence-corrected chi connectivity index (χ1v) is 10.1. The molecular weight excluding hydrogens is 384 g/mol. The summed E-state index contributed by atoms with van der Waals surface area (Å²) >= 11 is 1.25. The van der Waals surface area contributed by atoms with E-state index in [2.05, 4.69) is 38.1 Å². The van der Waals surface area contributed by atoms with E-state index in [4.69, 9.17) is 5.26 Å². The lowest BCUT2D eigenvalue weighted by atomic mass is 10.2. The molecule has 0 unspecified atom stereocenters. The van der Waals surface area contributed by atoms with E-state index in [9.17, 15) is 4.79 Å². The summed E-state index contributed by atoms with van der Waals surface area (Å²) < 4.78 is 2.10. The van der Waals surface area contributed by atoms with Gasteiger partial charge in [0.05, 0.1) is 22.4 Å². The second-order valence-corrected chi connectivity index (χ2v) is 7.78. The Bertz CT molecular complexity index is 1260. The van der Waals surface area contributed by atoms with Crippen molar-refractivity contribution in [3.63, 3.8) is 0 Å². The maximum atomic E-state index is 12.5. The average Bonchev–Trinajstić information content (AvgIpc) is 3.06. The Hall–Kier alpha value is -3.44. The highest BCUT2D eigenvalue weighted by molar-refractivity contribution is 8.00. The summed E-state index contributed by atoms with van der Waals surface area (Å²) in [5, 5.41) is 21.5. The van der Waals surface area contributed by atoms with Crippen molar-refractivity contribution in [1.82, 2.24) is 19.7 Å². The van der Waals surface area contributed by atoms with Crippen molar-refractivity contribution < 1.29 is 4.79 Å². The van der Waals surface area contributed by atoms with Crippen LogP contribution >= 0.6 is 11.8 Å². The number of benzene rings is 2. The van der Waals surface area contributed by atoms with Crippen LogP contribution in [0.5, 0.6) is 0 Å². The Morgan fingerprint density at radius 3 is 2.86 bits per heavy atom. The zero-order valence-corrected chi connectivity index (χ0v) is 16.8. The molecule has 8 heteroatoms. The fourth-order valence-electron chi connectivity index (χ4n) is 3.18. The highest BCUT2D eigenvalue weighted by Gasteiger charge is 2.19. The molecule has 1 amide bonds. The van der Waals surface area contributed by atoms with Crippen molar-refractivity contribution in [1.29, 1.82) is 5.26 Å². The number of nitrogens with zero attached hydrogens (tertiary/aromatic N) is 5. The molecule has 2 aromatic heterocycles. The number of aromatic nitrogens is 4. The highest BCUT2D eigenvalue weighted by Crippen LogP contribution is 2.28. The molecule has 4 aromatic rings. The number of rotatable bonds is 5. The molecule has 0 aliphatic carbocycles. The van der Waals surface area contributed by atoms with Crippen molar-refractivity contribution >= 4 is 45.4 Å². The number of carbonyl (C=O) groups is 1. The van der Waals surface area contributed by atoms with E-state index in [-0.39, 0.29) is 5.91 Å². The van der Waals surface area contributed by atoms with Gasteiger partial charge in [0.25, 0.3) is 0 Å². The van der Waals surface area contributed by atoms with E-state index in [1.165, 1.54) is 11.8 Å². The van der Waals surface area contributed by atoms with Gasteiger partial charge in [-0.2, -0.15) is 5.26 Å². The maximum Gasteiger partial charge on any atom is 0.237 e. The van der Waals surface area contributed by atoms with Crippen LogP contribution in [0.15, 0.2) is 53.7 Å². The summed E-state index contributed by atoms with van der Waals surface area (Å²) in [5.74, 6) is -0.190. The van der Waals surface area contributed by atoms with Gasteiger partial charge in [-0.1, -0.05) is 36.0 Å². The zero-order valence-electron chi connectivity index (χ0n) is 16.0. The number of anilines is 1. The third-order valence-corrected chi connectivity index (χ3v) is 5.53. The van der Waals surface area contributed by atoms with Crippen LogP contribution in [0.1, 0.15) is 19.4 Å². The molecule has 0 aliphatic heterocycles. The number of aryl methyl sites for hydroxylation is 1. The molecule has 7 nitrogen and oxygen atoms in total. The van der Waals surface area contributed by atoms with Gasteiger partial charge >= 0.3 is 0 Å². The van der Waals surface area contributed by atoms with E-state index in [1.807, 2.05) is 24.3 Å². The zero-order chi connectivity index (χ0) is 20.4. The number of hydrogen-bond acceptors (Lipinski definition) is 6. The summed E-state index contributed by atoms with van der Waals surface area (Å²) in [7, 11) is 0. The highest BCUT2D eigenvalue weighted by atomic mass is 32.2. The van der Waals surface area contributed by atoms with Crippen LogP contribution in [-0.2, 0) is 11.3 Å². The van der Waals surface area contributed by atoms with Crippen molar-refractivity contribution in [3.8, 4) is 6.07 Å². The van der Waals surface area contributed by atoms with Crippen LogP contribution in [0.2, 0.25) is 0 Å². The molecule has 1 N–H and O–H groups in total. The summed E-state index contributed by atoms with van der Waals surface area (Å²) in [5.41, 5.74) is 3.67. The summed E-state index contributed by atoms with van der Waals surface area (Å²) in [6.07, 6.45) is 0. The topological polar surface area (TPSA) is 96.5 Å². The van der Waals surface area contributed by atoms with E-state index in [0.717, 1.165) is 28.6 Å². The molecule has 2 aromatic carbocycles. The number of thioether (sulfide) groups is 1. The summed E-state index contributed by atoms with van der Waals surface area (Å²) in [6, 6.07) is 16.9. The Balaban J connectivity index is 1.57. The van der Waals surface area contributed by atoms with Crippen LogP contribution in [0.25, 0.3) is 22.1 Å². The molecule has 0 spiro atoms. The number of carbonyl (C=O) groups excluding carboxylic acids is 1. The smallest absolute Gasteiger partial charge is 0.237 e. The summed E-state index contributed by atoms with van der Waals surface area (Å²) in [4.78, 5) is 17.2. The molecule has 1 atom stereocenters. The fraction of sp³-hybridized carbons (Fsp3) is 0.190. The number of amides is 1. The van der Waals surface area contributed by atoms with Crippen molar-refractivity contribution in [2.75, 3.05) is 5.32 Å². The summed E-state index contributed by atoms with van der Waals surface area (Å²) in [6.45, 7) is 4.61. The van der Waals surface area contributed by atoms with Crippen LogP contribution < -0.4 is 5.32 Å². The van der Waals surface area contributed by atoms with Gasteiger partial charge in [-0.3, -0.25) is 4.79 Å². The predicted molar refractivity (Wildman–Crippen MR) is 114 cm³/mol. The molecule has 0 bridgehead atoms. The Morgan fingerprint density at radius 2 is 2.07 bits per heavy atom. The van der Waals surface area contributed by atoms with Gasteiger partial charge in [-0.05, 0) is 38.1 Å². The van der Waals surface area contributed by atoms with Gasteiger partial charge in [0.15, 0.2) is 5.65 Å². The molecule has 0 saturated carbocycles. The minimum Gasteiger partial charge on any atom is -0.325 e. The van der Waals surface area contributed by atoms with Gasteiger partial charge in [-0.15, -0.1) is 10.2 Å². The van der Waals surface area contributed by atoms with E-state index >= 15 is 0 Å². The molecule has 4 rings (SSSR count). The molecule has 0 saturated heterocycles. The Morgan fingerprint density at radius 1 is 1.24 bits per heavy atom. The van der Waals surface area contributed by atoms with E-state index < -0.39 is 5.25 Å². The lowest BCUT2D eigenvalue weighted by molar-refractivity contribution is -0.115. The first kappa shape index (κ1) is 18.9. The quantitative estimate of drug-likeness (QED) is 0.507. The molecule has 144 valence electrons. The average molecular weight is 402 g/mol. The molecule has 29 heavy (non-hydrogen) atoms. The second-order valence-electron chi connectivity index (χ2n) is 6.47. The second kappa shape index (κ2) is 7.89. The SMILES string of the molecule is CCn1c2ccccc2c2nnc(S[C@H](C)C(=O)Nc3cccc(C#N)c3)nc21. The molecule has 2 heterocycles. The van der Waals surface area contributed by atoms with Gasteiger partial charge < -0.3 is 9.88 Å². The third kappa shape index (κ3) is 3.65. The lowest BCUT2D eigenvalue weighted by Gasteiger charge is -2.11. The van der Waals surface area contributed by atoms with Crippen LogP contribution in [0, 0.1) is 11.3 Å². The van der Waals surface area contributed by atoms with Crippen LogP contribution in [-0.4, -0.2) is 30.9 Å². The van der Waals surface area contributed by atoms with Gasteiger partial charge in [0.1, 0.15) is 5.52 Å². The van der Waals surface area contributed by atoms with Gasteiger partial charge in [0, 0.05) is 17.6 Å². The first-order valence-electron chi connectivity index (χ1n) is 9.20. The molecular formula is C21H18N6OS. The van der Waals surface area contributed by atoms with E-state index in [1.54, 1.807) is 31.2 Å². The number of hydrogen-bond donors (Lipinski definition) is 1. The number of nitriles is 1. The minimum atomic E-state index is -0.431. The molecule has 0 fully saturated rings. The fourth-order valence-corrected chi connectivity index (χ4v) is 3.89. The van der Waals surface area contributed by atoms with E-state index in [0.29, 0.717) is 16.4 Å². The van der Waals surface area contributed by atoms with Crippen molar-refractivity contribution in [2.24, 2.45) is 0 Å². The normalized spacial score (nSPS) is 12.0. The van der Waals surface area contributed by atoms with Crippen molar-refractivity contribution in [2.45, 2.75) is 30.8 Å². The third-order valence-electron chi connectivity index (χ3n) is 4.58. The van der Waals surface area contributed by atoms with Gasteiger partial charge in [0.2, 0.25) is 11.1 Å². The monoisotopic (exact) mass is 402 g/mol. The van der Waals surface area contributed by atoms with Crippen molar-refractivity contribution in [3.05, 3.63) is 54.1 Å². The largest absolute Gasteiger partial charge is 0.325 e. The Labute approximate surface area is 171 Å². The minimum absolute atomic E-state index is 0.190. The van der Waals surface area contributed by atoms with Crippen LogP contribution in [0.3, 0.4) is 0 Å². The predicted octanol–water partition coefficient (Wildman–Crippen LogP) is 3.99. The van der Waals surface area contributed by atoms with Gasteiger partial charge in [-0.25, -0.2) is 4.98 Å².